The van der Waals surface area contributed by atoms with E-state index in [0.29, 0.717) is 36.4 Å². The van der Waals surface area contributed by atoms with Crippen molar-refractivity contribution >= 4 is 23.1 Å². The highest BCUT2D eigenvalue weighted by Crippen LogP contribution is 2.22. The van der Waals surface area contributed by atoms with Crippen molar-refractivity contribution in [3.05, 3.63) is 78.4 Å². The molecular weight excluding hydrogens is 436 g/mol. The molecule has 3 aromatic carbocycles. The topological polar surface area (TPSA) is 94.3 Å². The minimum absolute atomic E-state index is 0.224. The molecule has 0 aliphatic heterocycles. The predicted octanol–water partition coefficient (Wildman–Crippen LogP) is 4.43. The number of likely N-dealkylation sites (N-methyl/N-ethyl adjacent to an activating group) is 1. The molecule has 0 aliphatic carbocycles. The highest BCUT2D eigenvalue weighted by molar-refractivity contribution is 5.74. The van der Waals surface area contributed by atoms with Gasteiger partial charge in [0.1, 0.15) is 29.4 Å². The van der Waals surface area contributed by atoms with Crippen LogP contribution in [-0.2, 0) is 11.2 Å². The summed E-state index contributed by atoms with van der Waals surface area (Å²) < 4.78 is 22.3. The summed E-state index contributed by atoms with van der Waals surface area (Å²) in [4.78, 5) is 18.0. The number of carboxylic acid groups (broad SMARTS) is 1. The van der Waals surface area contributed by atoms with E-state index in [0.717, 1.165) is 16.7 Å². The Morgan fingerprint density at radius 1 is 1.00 bits per heavy atom. The zero-order valence-electron chi connectivity index (χ0n) is 19.0. The van der Waals surface area contributed by atoms with Gasteiger partial charge in [-0.05, 0) is 54.1 Å². The predicted molar refractivity (Wildman–Crippen MR) is 128 cm³/mol. The number of oxazole rings is 1. The van der Waals surface area contributed by atoms with Crippen molar-refractivity contribution in [2.24, 2.45) is 0 Å². The van der Waals surface area contributed by atoms with Crippen LogP contribution < -0.4 is 19.1 Å². The largest absolute Gasteiger partial charge is 0.497 e. The van der Waals surface area contributed by atoms with Gasteiger partial charge >= 0.3 is 5.97 Å². The van der Waals surface area contributed by atoms with Gasteiger partial charge in [-0.1, -0.05) is 24.3 Å². The van der Waals surface area contributed by atoms with Crippen LogP contribution in [0, 0.1) is 0 Å². The molecular formula is C26H26N2O6. The van der Waals surface area contributed by atoms with Gasteiger partial charge in [0.05, 0.1) is 13.7 Å². The molecule has 1 aromatic heterocycles. The maximum absolute atomic E-state index is 11.7. The average molecular weight is 463 g/mol. The lowest BCUT2D eigenvalue weighted by molar-refractivity contribution is -0.145. The van der Waals surface area contributed by atoms with Gasteiger partial charge in [0.25, 0.3) is 6.01 Å². The molecule has 1 heterocycles. The SMILES string of the molecule is COc1ccc(OC(Cc2ccc(OCCN(C)c3nc4ccccc4o3)cc2)C(=O)O)cc1. The minimum atomic E-state index is -1.03. The average Bonchev–Trinajstić information content (AvgIpc) is 3.29. The molecule has 4 rings (SSSR count). The molecule has 4 aromatic rings. The molecule has 8 heteroatoms. The van der Waals surface area contributed by atoms with Crippen LogP contribution >= 0.6 is 0 Å². The molecule has 1 atom stereocenters. The summed E-state index contributed by atoms with van der Waals surface area (Å²) in [5.41, 5.74) is 2.39. The number of carboxylic acids is 1. The van der Waals surface area contributed by atoms with E-state index in [4.69, 9.17) is 18.6 Å². The molecule has 0 aliphatic rings. The number of hydrogen-bond acceptors (Lipinski definition) is 7. The van der Waals surface area contributed by atoms with E-state index in [1.165, 1.54) is 0 Å². The van der Waals surface area contributed by atoms with Crippen molar-refractivity contribution in [3.63, 3.8) is 0 Å². The Kier molecular flexibility index (Phi) is 7.17. The summed E-state index contributed by atoms with van der Waals surface area (Å²) in [5, 5.41) is 9.57. The van der Waals surface area contributed by atoms with Gasteiger partial charge in [-0.3, -0.25) is 0 Å². The van der Waals surface area contributed by atoms with Gasteiger partial charge in [0.15, 0.2) is 11.7 Å². The standard InChI is InChI=1S/C26H26N2O6/c1-28(26-27-22-5-3-4-6-23(22)34-26)15-16-32-20-9-7-18(8-10-20)17-24(25(29)30)33-21-13-11-19(31-2)12-14-21/h3-14,24H,15-17H2,1-2H3,(H,29,30). The van der Waals surface area contributed by atoms with E-state index in [1.54, 1.807) is 31.4 Å². The Hall–Kier alpha value is -4.20. The second-order valence-electron chi connectivity index (χ2n) is 7.70. The Labute approximate surface area is 197 Å². The first-order valence-electron chi connectivity index (χ1n) is 10.8. The third kappa shape index (κ3) is 5.78. The number of benzene rings is 3. The van der Waals surface area contributed by atoms with Crippen LogP contribution in [0.3, 0.4) is 0 Å². The van der Waals surface area contributed by atoms with Gasteiger partial charge in [-0.15, -0.1) is 0 Å². The summed E-state index contributed by atoms with van der Waals surface area (Å²) in [6, 6.07) is 22.3. The van der Waals surface area contributed by atoms with Gasteiger partial charge < -0.3 is 28.6 Å². The van der Waals surface area contributed by atoms with Gasteiger partial charge in [-0.2, -0.15) is 4.98 Å². The Morgan fingerprint density at radius 3 is 2.35 bits per heavy atom. The number of carbonyl (C=O) groups is 1. The maximum atomic E-state index is 11.7. The first-order valence-corrected chi connectivity index (χ1v) is 10.8. The molecule has 0 radical (unpaired) electrons. The van der Waals surface area contributed by atoms with Crippen LogP contribution in [0.4, 0.5) is 6.01 Å². The van der Waals surface area contributed by atoms with Gasteiger partial charge in [-0.25, -0.2) is 4.79 Å². The zero-order valence-corrected chi connectivity index (χ0v) is 19.0. The monoisotopic (exact) mass is 462 g/mol. The van der Waals surface area contributed by atoms with Crippen molar-refractivity contribution in [3.8, 4) is 17.2 Å². The normalized spacial score (nSPS) is 11.7. The fraction of sp³-hybridized carbons (Fsp3) is 0.231. The van der Waals surface area contributed by atoms with Crippen molar-refractivity contribution in [2.75, 3.05) is 32.2 Å². The number of anilines is 1. The summed E-state index contributed by atoms with van der Waals surface area (Å²) in [5.74, 6) is 0.808. The van der Waals surface area contributed by atoms with Crippen LogP contribution in [0.2, 0.25) is 0 Å². The molecule has 0 fully saturated rings. The molecule has 0 bridgehead atoms. The van der Waals surface area contributed by atoms with E-state index in [-0.39, 0.29) is 6.42 Å². The van der Waals surface area contributed by atoms with E-state index < -0.39 is 12.1 Å². The summed E-state index contributed by atoms with van der Waals surface area (Å²) in [6.45, 7) is 1.03. The summed E-state index contributed by atoms with van der Waals surface area (Å²) in [6.07, 6.45) is -0.785. The Balaban J connectivity index is 1.28. The summed E-state index contributed by atoms with van der Waals surface area (Å²) in [7, 11) is 3.46. The fourth-order valence-corrected chi connectivity index (χ4v) is 3.35. The molecule has 0 spiro atoms. The van der Waals surface area contributed by atoms with Gasteiger partial charge in [0, 0.05) is 13.5 Å². The Morgan fingerprint density at radius 2 is 1.68 bits per heavy atom. The van der Waals surface area contributed by atoms with E-state index >= 15 is 0 Å². The Bertz CT molecular complexity index is 1190. The number of hydrogen-bond donors (Lipinski definition) is 1. The third-order valence-corrected chi connectivity index (χ3v) is 5.26. The number of aliphatic carboxylic acids is 1. The molecule has 8 nitrogen and oxygen atoms in total. The van der Waals surface area contributed by atoms with Crippen LogP contribution in [-0.4, -0.2) is 49.5 Å². The highest BCUT2D eigenvalue weighted by atomic mass is 16.5. The second-order valence-corrected chi connectivity index (χ2v) is 7.70. The quantitative estimate of drug-likeness (QED) is 0.350. The van der Waals surface area contributed by atoms with Crippen LogP contribution in [0.5, 0.6) is 17.2 Å². The first kappa shape index (κ1) is 23.0. The van der Waals surface area contributed by atoms with Crippen LogP contribution in [0.1, 0.15) is 5.56 Å². The number of aromatic nitrogens is 1. The highest BCUT2D eigenvalue weighted by Gasteiger charge is 2.20. The molecule has 0 saturated heterocycles. The van der Waals surface area contributed by atoms with Crippen molar-refractivity contribution in [2.45, 2.75) is 12.5 Å². The van der Waals surface area contributed by atoms with Crippen molar-refractivity contribution < 1.29 is 28.5 Å². The number of rotatable bonds is 11. The maximum Gasteiger partial charge on any atom is 0.345 e. The van der Waals surface area contributed by atoms with E-state index in [1.807, 2.05) is 60.5 Å². The lowest BCUT2D eigenvalue weighted by Gasteiger charge is -2.16. The molecule has 34 heavy (non-hydrogen) atoms. The van der Waals surface area contributed by atoms with Gasteiger partial charge in [0.2, 0.25) is 0 Å². The van der Waals surface area contributed by atoms with Crippen LogP contribution in [0.15, 0.2) is 77.2 Å². The fourth-order valence-electron chi connectivity index (χ4n) is 3.35. The van der Waals surface area contributed by atoms with Crippen molar-refractivity contribution in [1.82, 2.24) is 4.98 Å². The smallest absolute Gasteiger partial charge is 0.345 e. The number of methoxy groups -OCH3 is 1. The first-order chi connectivity index (χ1) is 16.5. The number of para-hydroxylation sites is 2. The van der Waals surface area contributed by atoms with E-state index in [2.05, 4.69) is 4.98 Å². The van der Waals surface area contributed by atoms with Crippen molar-refractivity contribution in [1.29, 1.82) is 0 Å². The number of nitrogens with zero attached hydrogens (tertiary/aromatic N) is 2. The third-order valence-electron chi connectivity index (χ3n) is 5.26. The molecule has 1 N–H and O–H groups in total. The molecule has 1 unspecified atom stereocenters. The van der Waals surface area contributed by atoms with E-state index in [9.17, 15) is 9.90 Å². The lowest BCUT2D eigenvalue weighted by atomic mass is 10.1. The van der Waals surface area contributed by atoms with Crippen LogP contribution in [0.25, 0.3) is 11.1 Å². The number of ether oxygens (including phenoxy) is 3. The zero-order chi connectivity index (χ0) is 23.9. The molecule has 0 saturated carbocycles. The number of fused-ring (bicyclic) bond motifs is 1. The second kappa shape index (κ2) is 10.6. The lowest BCUT2D eigenvalue weighted by Crippen LogP contribution is -2.29. The minimum Gasteiger partial charge on any atom is -0.497 e. The molecule has 176 valence electrons. The summed E-state index contributed by atoms with van der Waals surface area (Å²) >= 11 is 0. The molecule has 0 amide bonds.